The topological polar surface area (TPSA) is 21.7 Å². The molecule has 4 heteroatoms. The first-order chi connectivity index (χ1) is 9.84. The average Bonchev–Trinajstić information content (AvgIpc) is 2.94. The molecule has 0 amide bonds. The van der Waals surface area contributed by atoms with Crippen LogP contribution in [-0.4, -0.2) is 42.9 Å². The quantitative estimate of drug-likeness (QED) is 0.570. The number of hydrogen-bond donors (Lipinski definition) is 0. The lowest BCUT2D eigenvalue weighted by molar-refractivity contribution is 0.00578. The molecule has 0 atom stereocenters. The molecule has 3 nitrogen and oxygen atoms in total. The number of allylic oxidation sites excluding steroid dienone is 2. The fraction of sp³-hybridized carbons (Fsp3) is 0.765. The van der Waals surface area contributed by atoms with E-state index in [0.29, 0.717) is 0 Å². The zero-order valence-electron chi connectivity index (χ0n) is 14.3. The van der Waals surface area contributed by atoms with Gasteiger partial charge >= 0.3 is 7.12 Å². The highest BCUT2D eigenvalue weighted by Crippen LogP contribution is 2.37. The van der Waals surface area contributed by atoms with Crippen molar-refractivity contribution in [3.63, 3.8) is 0 Å². The molecule has 118 valence electrons. The third-order valence-corrected chi connectivity index (χ3v) is 4.86. The molecule has 0 bridgehead atoms. The standard InChI is InChI=1S/C17H30BNO2/c1-6-9-15(14-19-12-7-8-13-19)10-11-18-20-16(2,3)17(4,5)21-18/h6,9-10H,7-8,11-14H2,1-5H3. The van der Waals surface area contributed by atoms with Gasteiger partial charge in [0.05, 0.1) is 11.2 Å². The summed E-state index contributed by atoms with van der Waals surface area (Å²) >= 11 is 0. The van der Waals surface area contributed by atoms with Gasteiger partial charge in [-0.15, -0.1) is 0 Å². The Morgan fingerprint density at radius 2 is 1.67 bits per heavy atom. The Morgan fingerprint density at radius 3 is 2.19 bits per heavy atom. The molecular weight excluding hydrogens is 261 g/mol. The lowest BCUT2D eigenvalue weighted by Crippen LogP contribution is -2.41. The SMILES string of the molecule is CC=CC(=CCB1OC(C)(C)C(C)(C)O1)CN1CCCC1. The van der Waals surface area contributed by atoms with Crippen molar-refractivity contribution in [2.45, 2.75) is 65.0 Å². The number of hydrogen-bond acceptors (Lipinski definition) is 3. The van der Waals surface area contributed by atoms with E-state index in [1.807, 2.05) is 0 Å². The average molecular weight is 291 g/mol. The van der Waals surface area contributed by atoms with Gasteiger partial charge in [0.15, 0.2) is 0 Å². The van der Waals surface area contributed by atoms with Crippen molar-refractivity contribution in [2.24, 2.45) is 0 Å². The Balaban J connectivity index is 1.94. The highest BCUT2D eigenvalue weighted by atomic mass is 16.7. The molecule has 0 aromatic rings. The molecule has 0 aromatic carbocycles. The molecule has 2 aliphatic heterocycles. The van der Waals surface area contributed by atoms with Gasteiger partial charge in [0, 0.05) is 12.9 Å². The highest BCUT2D eigenvalue weighted by molar-refractivity contribution is 6.46. The van der Waals surface area contributed by atoms with Crippen LogP contribution in [0.5, 0.6) is 0 Å². The van der Waals surface area contributed by atoms with E-state index in [1.165, 1.54) is 31.5 Å². The molecule has 2 fully saturated rings. The van der Waals surface area contributed by atoms with Gasteiger partial charge in [-0.05, 0) is 66.1 Å². The van der Waals surface area contributed by atoms with Crippen LogP contribution in [0.3, 0.4) is 0 Å². The first-order valence-electron chi connectivity index (χ1n) is 8.24. The Bertz CT molecular complexity index is 393. The maximum absolute atomic E-state index is 6.06. The van der Waals surface area contributed by atoms with Gasteiger partial charge in [0.2, 0.25) is 0 Å². The van der Waals surface area contributed by atoms with E-state index >= 15 is 0 Å². The fourth-order valence-electron chi connectivity index (χ4n) is 2.91. The first kappa shape index (κ1) is 16.8. The van der Waals surface area contributed by atoms with Crippen LogP contribution in [0.1, 0.15) is 47.5 Å². The van der Waals surface area contributed by atoms with Crippen LogP contribution in [-0.2, 0) is 9.31 Å². The van der Waals surface area contributed by atoms with E-state index < -0.39 is 0 Å². The fourth-order valence-corrected chi connectivity index (χ4v) is 2.91. The smallest absolute Gasteiger partial charge is 0.403 e. The second-order valence-corrected chi connectivity index (χ2v) is 7.18. The van der Waals surface area contributed by atoms with Crippen LogP contribution < -0.4 is 0 Å². The van der Waals surface area contributed by atoms with Crippen LogP contribution in [0, 0.1) is 0 Å². The molecule has 0 aliphatic carbocycles. The summed E-state index contributed by atoms with van der Waals surface area (Å²) in [7, 11) is -0.131. The minimum Gasteiger partial charge on any atom is -0.403 e. The van der Waals surface area contributed by atoms with Crippen molar-refractivity contribution in [1.29, 1.82) is 0 Å². The molecule has 2 heterocycles. The van der Waals surface area contributed by atoms with E-state index in [1.54, 1.807) is 0 Å². The summed E-state index contributed by atoms with van der Waals surface area (Å²) in [6.07, 6.45) is 10.1. The lowest BCUT2D eigenvalue weighted by atomic mass is 9.84. The summed E-state index contributed by atoms with van der Waals surface area (Å²) in [5, 5.41) is 0. The van der Waals surface area contributed by atoms with Gasteiger partial charge in [-0.1, -0.05) is 18.2 Å². The van der Waals surface area contributed by atoms with Crippen molar-refractivity contribution in [2.75, 3.05) is 19.6 Å². The largest absolute Gasteiger partial charge is 0.461 e. The van der Waals surface area contributed by atoms with Crippen LogP contribution >= 0.6 is 0 Å². The van der Waals surface area contributed by atoms with E-state index in [0.717, 1.165) is 12.9 Å². The van der Waals surface area contributed by atoms with E-state index in [4.69, 9.17) is 9.31 Å². The summed E-state index contributed by atoms with van der Waals surface area (Å²) in [5.41, 5.74) is 0.900. The first-order valence-corrected chi connectivity index (χ1v) is 8.24. The number of nitrogens with zero attached hydrogens (tertiary/aromatic N) is 1. The zero-order chi connectivity index (χ0) is 15.5. The van der Waals surface area contributed by atoms with Crippen molar-refractivity contribution in [3.8, 4) is 0 Å². The van der Waals surface area contributed by atoms with Crippen molar-refractivity contribution in [1.82, 2.24) is 4.90 Å². The molecule has 0 radical (unpaired) electrons. The number of likely N-dealkylation sites (tertiary alicyclic amines) is 1. The second kappa shape index (κ2) is 6.68. The normalized spacial score (nSPS) is 26.1. The second-order valence-electron chi connectivity index (χ2n) is 7.18. The molecule has 0 aromatic heterocycles. The Hall–Kier alpha value is -0.575. The third-order valence-electron chi connectivity index (χ3n) is 4.86. The molecule has 2 rings (SSSR count). The van der Waals surface area contributed by atoms with E-state index in [9.17, 15) is 0 Å². The highest BCUT2D eigenvalue weighted by Gasteiger charge is 2.50. The van der Waals surface area contributed by atoms with E-state index in [2.05, 4.69) is 57.7 Å². The lowest BCUT2D eigenvalue weighted by Gasteiger charge is -2.32. The molecule has 0 unspecified atom stereocenters. The number of rotatable bonds is 5. The Morgan fingerprint density at radius 1 is 1.10 bits per heavy atom. The summed E-state index contributed by atoms with van der Waals surface area (Å²) in [6.45, 7) is 14.0. The molecule has 21 heavy (non-hydrogen) atoms. The van der Waals surface area contributed by atoms with Crippen molar-refractivity contribution < 1.29 is 9.31 Å². The minimum absolute atomic E-state index is 0.131. The molecular formula is C17H30BNO2. The summed E-state index contributed by atoms with van der Waals surface area (Å²) < 4.78 is 12.1. The Labute approximate surface area is 130 Å². The molecule has 0 N–H and O–H groups in total. The minimum atomic E-state index is -0.235. The predicted molar refractivity (Wildman–Crippen MR) is 89.5 cm³/mol. The summed E-state index contributed by atoms with van der Waals surface area (Å²) in [5.74, 6) is 0. The van der Waals surface area contributed by atoms with Gasteiger partial charge < -0.3 is 9.31 Å². The van der Waals surface area contributed by atoms with Gasteiger partial charge in [0.1, 0.15) is 0 Å². The summed E-state index contributed by atoms with van der Waals surface area (Å²) in [6, 6.07) is 0. The Kier molecular flexibility index (Phi) is 5.34. The van der Waals surface area contributed by atoms with Crippen LogP contribution in [0.25, 0.3) is 0 Å². The molecule has 2 saturated heterocycles. The van der Waals surface area contributed by atoms with Gasteiger partial charge in [-0.2, -0.15) is 0 Å². The van der Waals surface area contributed by atoms with Crippen molar-refractivity contribution >= 4 is 7.12 Å². The third kappa shape index (κ3) is 4.21. The van der Waals surface area contributed by atoms with Gasteiger partial charge in [-0.25, -0.2) is 0 Å². The zero-order valence-corrected chi connectivity index (χ0v) is 14.3. The molecule has 0 spiro atoms. The molecule has 2 aliphatic rings. The predicted octanol–water partition coefficient (Wildman–Crippen LogP) is 3.68. The summed E-state index contributed by atoms with van der Waals surface area (Å²) in [4.78, 5) is 2.52. The monoisotopic (exact) mass is 291 g/mol. The van der Waals surface area contributed by atoms with Crippen molar-refractivity contribution in [3.05, 3.63) is 23.8 Å². The van der Waals surface area contributed by atoms with Crippen LogP contribution in [0.2, 0.25) is 6.32 Å². The van der Waals surface area contributed by atoms with E-state index in [-0.39, 0.29) is 18.3 Å². The maximum Gasteiger partial charge on any atom is 0.461 e. The van der Waals surface area contributed by atoms with Crippen LogP contribution in [0.4, 0.5) is 0 Å². The van der Waals surface area contributed by atoms with Gasteiger partial charge in [-0.3, -0.25) is 4.90 Å². The van der Waals surface area contributed by atoms with Gasteiger partial charge in [0.25, 0.3) is 0 Å². The maximum atomic E-state index is 6.06. The molecule has 0 saturated carbocycles. The van der Waals surface area contributed by atoms with Crippen LogP contribution in [0.15, 0.2) is 23.8 Å².